The summed E-state index contributed by atoms with van der Waals surface area (Å²) in [5.41, 5.74) is 1.23. The number of unbranched alkanes of at least 4 members (excludes halogenated alkanes) is 1. The van der Waals surface area contributed by atoms with Gasteiger partial charge in [-0.2, -0.15) is 0 Å². The summed E-state index contributed by atoms with van der Waals surface area (Å²) in [6, 6.07) is 7.97. The molecular weight excluding hydrogens is 261 g/mol. The van der Waals surface area contributed by atoms with Gasteiger partial charge in [0.2, 0.25) is 0 Å². The second-order valence-corrected chi connectivity index (χ2v) is 6.60. The molecule has 1 saturated carbocycles. The summed E-state index contributed by atoms with van der Waals surface area (Å²) >= 11 is 0. The van der Waals surface area contributed by atoms with E-state index in [0.29, 0.717) is 12.1 Å². The van der Waals surface area contributed by atoms with Crippen LogP contribution >= 0.6 is 0 Å². The molecule has 2 atom stereocenters. The number of nitrogens with one attached hydrogen (secondary N) is 1. The molecule has 1 unspecified atom stereocenters. The fourth-order valence-electron chi connectivity index (χ4n) is 3.54. The van der Waals surface area contributed by atoms with Gasteiger partial charge in [0.15, 0.2) is 0 Å². The van der Waals surface area contributed by atoms with Crippen LogP contribution in [0.3, 0.4) is 0 Å². The highest BCUT2D eigenvalue weighted by Crippen LogP contribution is 2.29. The molecule has 0 heterocycles. The van der Waals surface area contributed by atoms with E-state index in [4.69, 9.17) is 0 Å². The summed E-state index contributed by atoms with van der Waals surface area (Å²) in [5, 5.41) is 3.83. The van der Waals surface area contributed by atoms with E-state index < -0.39 is 0 Å². The Balaban J connectivity index is 1.99. The van der Waals surface area contributed by atoms with Crippen molar-refractivity contribution >= 4 is 0 Å². The molecule has 1 N–H and O–H groups in total. The molecule has 1 fully saturated rings. The average Bonchev–Trinajstić information content (AvgIpc) is 2.53. The van der Waals surface area contributed by atoms with Crippen LogP contribution in [0.4, 0.5) is 4.39 Å². The molecule has 1 aliphatic rings. The fourth-order valence-corrected chi connectivity index (χ4v) is 3.54. The van der Waals surface area contributed by atoms with Crippen molar-refractivity contribution in [2.45, 2.75) is 77.3 Å². The van der Waals surface area contributed by atoms with Crippen LogP contribution in [0.5, 0.6) is 0 Å². The maximum Gasteiger partial charge on any atom is 0.123 e. The molecule has 1 aliphatic carbocycles. The van der Waals surface area contributed by atoms with Gasteiger partial charge in [-0.25, -0.2) is 4.39 Å². The SMILES string of the molecule is CCCCC(N[C@@H](C)C1CCCCC1)c1ccc(F)cc1. The molecule has 0 bridgehead atoms. The van der Waals surface area contributed by atoms with Crippen LogP contribution in [0, 0.1) is 11.7 Å². The van der Waals surface area contributed by atoms with Gasteiger partial charge in [-0.3, -0.25) is 0 Å². The molecule has 1 nitrogen and oxygen atoms in total. The van der Waals surface area contributed by atoms with Crippen LogP contribution in [0.25, 0.3) is 0 Å². The van der Waals surface area contributed by atoms with Crippen molar-refractivity contribution in [2.24, 2.45) is 5.92 Å². The van der Waals surface area contributed by atoms with Crippen molar-refractivity contribution in [1.82, 2.24) is 5.32 Å². The number of hydrogen-bond acceptors (Lipinski definition) is 1. The number of halogens is 1. The van der Waals surface area contributed by atoms with Crippen molar-refractivity contribution in [3.05, 3.63) is 35.6 Å². The van der Waals surface area contributed by atoms with E-state index in [-0.39, 0.29) is 5.82 Å². The van der Waals surface area contributed by atoms with Gasteiger partial charge in [-0.15, -0.1) is 0 Å². The van der Waals surface area contributed by atoms with Gasteiger partial charge in [-0.05, 0) is 49.8 Å². The Kier molecular flexibility index (Phi) is 6.69. The first kappa shape index (κ1) is 16.5. The van der Waals surface area contributed by atoms with Crippen LogP contribution in [0.15, 0.2) is 24.3 Å². The monoisotopic (exact) mass is 291 g/mol. The molecule has 21 heavy (non-hydrogen) atoms. The standard InChI is InChI=1S/C19H30FN/c1-3-4-10-19(17-11-13-18(20)14-12-17)21-15(2)16-8-6-5-7-9-16/h11-16,19,21H,3-10H2,1-2H3/t15-,19?/m0/s1. The number of hydrogen-bond donors (Lipinski definition) is 1. The van der Waals surface area contributed by atoms with Crippen LogP contribution in [0.1, 0.15) is 76.8 Å². The smallest absolute Gasteiger partial charge is 0.123 e. The summed E-state index contributed by atoms with van der Waals surface area (Å²) in [4.78, 5) is 0. The first-order valence-corrected chi connectivity index (χ1v) is 8.72. The Morgan fingerprint density at radius 3 is 2.43 bits per heavy atom. The third kappa shape index (κ3) is 5.10. The fraction of sp³-hybridized carbons (Fsp3) is 0.684. The average molecular weight is 291 g/mol. The second kappa shape index (κ2) is 8.53. The summed E-state index contributed by atoms with van der Waals surface area (Å²) in [7, 11) is 0. The zero-order valence-electron chi connectivity index (χ0n) is 13.6. The van der Waals surface area contributed by atoms with E-state index >= 15 is 0 Å². The molecule has 1 aromatic carbocycles. The Morgan fingerprint density at radius 1 is 1.14 bits per heavy atom. The Hall–Kier alpha value is -0.890. The normalized spacial score (nSPS) is 19.4. The highest BCUT2D eigenvalue weighted by molar-refractivity contribution is 5.20. The highest BCUT2D eigenvalue weighted by atomic mass is 19.1. The predicted octanol–water partition coefficient (Wildman–Crippen LogP) is 5.62. The van der Waals surface area contributed by atoms with Gasteiger partial charge in [0.05, 0.1) is 0 Å². The van der Waals surface area contributed by atoms with Gasteiger partial charge >= 0.3 is 0 Å². The Morgan fingerprint density at radius 2 is 1.81 bits per heavy atom. The quantitative estimate of drug-likeness (QED) is 0.688. The van der Waals surface area contributed by atoms with Crippen LogP contribution in [-0.2, 0) is 0 Å². The predicted molar refractivity (Wildman–Crippen MR) is 87.8 cm³/mol. The summed E-state index contributed by atoms with van der Waals surface area (Å²) < 4.78 is 13.1. The van der Waals surface area contributed by atoms with Gasteiger partial charge in [-0.1, -0.05) is 51.2 Å². The van der Waals surface area contributed by atoms with Gasteiger partial charge in [0.1, 0.15) is 5.82 Å². The van der Waals surface area contributed by atoms with E-state index in [2.05, 4.69) is 19.2 Å². The molecule has 2 rings (SSSR count). The summed E-state index contributed by atoms with van der Waals surface area (Å²) in [6.07, 6.45) is 10.4. The van der Waals surface area contributed by atoms with Crippen molar-refractivity contribution < 1.29 is 4.39 Å². The maximum atomic E-state index is 13.1. The molecule has 0 spiro atoms. The molecule has 1 aromatic rings. The molecule has 2 heteroatoms. The van der Waals surface area contributed by atoms with E-state index in [1.807, 2.05) is 12.1 Å². The highest BCUT2D eigenvalue weighted by Gasteiger charge is 2.22. The molecule has 0 radical (unpaired) electrons. The first-order chi connectivity index (χ1) is 10.2. The minimum absolute atomic E-state index is 0.145. The second-order valence-electron chi connectivity index (χ2n) is 6.60. The van der Waals surface area contributed by atoms with Gasteiger partial charge in [0, 0.05) is 12.1 Å². The third-order valence-corrected chi connectivity index (χ3v) is 4.94. The minimum atomic E-state index is -0.145. The van der Waals surface area contributed by atoms with E-state index in [1.54, 1.807) is 12.1 Å². The van der Waals surface area contributed by atoms with Crippen LogP contribution in [-0.4, -0.2) is 6.04 Å². The third-order valence-electron chi connectivity index (χ3n) is 4.94. The summed E-state index contributed by atoms with van der Waals surface area (Å²) in [6.45, 7) is 4.56. The van der Waals surface area contributed by atoms with Crippen molar-refractivity contribution in [1.29, 1.82) is 0 Å². The van der Waals surface area contributed by atoms with Crippen molar-refractivity contribution in [2.75, 3.05) is 0 Å². The molecular formula is C19H30FN. The first-order valence-electron chi connectivity index (χ1n) is 8.72. The van der Waals surface area contributed by atoms with Gasteiger partial charge < -0.3 is 5.32 Å². The van der Waals surface area contributed by atoms with E-state index in [1.165, 1.54) is 50.5 Å². The number of rotatable bonds is 7. The molecule has 0 saturated heterocycles. The molecule has 0 aromatic heterocycles. The van der Waals surface area contributed by atoms with E-state index in [0.717, 1.165) is 12.3 Å². The maximum absolute atomic E-state index is 13.1. The Labute approximate surface area is 129 Å². The topological polar surface area (TPSA) is 12.0 Å². The molecule has 118 valence electrons. The lowest BCUT2D eigenvalue weighted by Crippen LogP contribution is -2.37. The van der Waals surface area contributed by atoms with Crippen molar-refractivity contribution in [3.8, 4) is 0 Å². The largest absolute Gasteiger partial charge is 0.307 e. The molecule has 0 aliphatic heterocycles. The zero-order chi connectivity index (χ0) is 15.1. The van der Waals surface area contributed by atoms with E-state index in [9.17, 15) is 4.39 Å². The zero-order valence-corrected chi connectivity index (χ0v) is 13.6. The lowest BCUT2D eigenvalue weighted by molar-refractivity contribution is 0.259. The van der Waals surface area contributed by atoms with Crippen molar-refractivity contribution in [3.63, 3.8) is 0 Å². The summed E-state index contributed by atoms with van der Waals surface area (Å²) in [5.74, 6) is 0.664. The minimum Gasteiger partial charge on any atom is -0.307 e. The lowest BCUT2D eigenvalue weighted by atomic mass is 9.84. The molecule has 0 amide bonds. The van der Waals surface area contributed by atoms with Crippen LogP contribution < -0.4 is 5.32 Å². The lowest BCUT2D eigenvalue weighted by Gasteiger charge is -2.32. The Bertz CT molecular complexity index is 395. The van der Waals surface area contributed by atoms with Gasteiger partial charge in [0.25, 0.3) is 0 Å². The van der Waals surface area contributed by atoms with Crippen LogP contribution in [0.2, 0.25) is 0 Å². The number of benzene rings is 1.